The van der Waals surface area contributed by atoms with Crippen molar-refractivity contribution in [2.24, 2.45) is 18.9 Å². The van der Waals surface area contributed by atoms with E-state index in [1.54, 1.807) is 18.2 Å². The predicted molar refractivity (Wildman–Crippen MR) is 201 cm³/mol. The van der Waals surface area contributed by atoms with E-state index in [-0.39, 0.29) is 30.1 Å². The van der Waals surface area contributed by atoms with Gasteiger partial charge < -0.3 is 18.9 Å². The smallest absolute Gasteiger partial charge is 0.262 e. The number of carbonyl (C=O) groups is 4. The minimum atomic E-state index is -0.978. The maximum absolute atomic E-state index is 13.1. The van der Waals surface area contributed by atoms with Crippen LogP contribution in [0.15, 0.2) is 73.2 Å². The summed E-state index contributed by atoms with van der Waals surface area (Å²) in [5.41, 5.74) is 5.01. The average molecular weight is 727 g/mol. The number of amides is 4. The maximum atomic E-state index is 13.1. The van der Waals surface area contributed by atoms with Crippen molar-refractivity contribution in [2.45, 2.75) is 57.1 Å². The van der Waals surface area contributed by atoms with Crippen molar-refractivity contribution < 1.29 is 28.7 Å². The molecule has 3 aliphatic heterocycles. The third-order valence-corrected chi connectivity index (χ3v) is 11.8. The number of nitrogens with one attached hydrogen (secondary N) is 1. The SMILES string of the molecule is Cn1c2ccncc2c2ccc(-c3ccc(O[C@H]4C[C@H](CN5CCC(CCOc6ccc7c(c6)C(=O)N(C6CCC(=O)NC6=O)C7=O)CC5)C4)nc3)cc21. The fraction of sp³-hybridized carbons (Fsp3) is 0.381. The molecule has 2 saturated heterocycles. The topological polar surface area (TPSA) is 136 Å². The molecule has 9 rings (SSSR count). The lowest BCUT2D eigenvalue weighted by atomic mass is 9.81. The molecule has 1 saturated carbocycles. The van der Waals surface area contributed by atoms with Gasteiger partial charge in [0, 0.05) is 66.5 Å². The van der Waals surface area contributed by atoms with Gasteiger partial charge in [-0.15, -0.1) is 0 Å². The summed E-state index contributed by atoms with van der Waals surface area (Å²) in [6.45, 7) is 3.77. The number of piperidine rings is 2. The van der Waals surface area contributed by atoms with Crippen LogP contribution in [0.2, 0.25) is 0 Å². The number of rotatable bonds is 10. The molecule has 276 valence electrons. The highest BCUT2D eigenvalue weighted by atomic mass is 16.5. The number of imide groups is 2. The molecule has 6 heterocycles. The van der Waals surface area contributed by atoms with Gasteiger partial charge in [-0.3, -0.25) is 34.4 Å². The van der Waals surface area contributed by atoms with Crippen LogP contribution in [0.25, 0.3) is 32.9 Å². The number of carbonyl (C=O) groups excluding carboxylic acids is 4. The van der Waals surface area contributed by atoms with E-state index >= 15 is 0 Å². The van der Waals surface area contributed by atoms with Crippen LogP contribution in [0.3, 0.4) is 0 Å². The maximum Gasteiger partial charge on any atom is 0.262 e. The Morgan fingerprint density at radius 3 is 2.43 bits per heavy atom. The van der Waals surface area contributed by atoms with Crippen molar-refractivity contribution in [3.63, 3.8) is 0 Å². The van der Waals surface area contributed by atoms with Gasteiger partial charge in [-0.25, -0.2) is 4.98 Å². The van der Waals surface area contributed by atoms with Crippen molar-refractivity contribution in [1.82, 2.24) is 29.7 Å². The van der Waals surface area contributed by atoms with Crippen LogP contribution in [0.5, 0.6) is 11.6 Å². The number of pyridine rings is 2. The molecule has 5 aromatic rings. The highest BCUT2D eigenvalue weighted by Crippen LogP contribution is 2.35. The number of aromatic nitrogens is 3. The zero-order chi connectivity index (χ0) is 36.9. The Balaban J connectivity index is 0.697. The Morgan fingerprint density at radius 2 is 1.63 bits per heavy atom. The van der Waals surface area contributed by atoms with Crippen LogP contribution in [0.4, 0.5) is 0 Å². The average Bonchev–Trinajstić information content (AvgIpc) is 3.59. The summed E-state index contributed by atoms with van der Waals surface area (Å²) in [4.78, 5) is 62.5. The van der Waals surface area contributed by atoms with Crippen molar-refractivity contribution in [1.29, 1.82) is 0 Å². The Hall–Kier alpha value is -5.62. The molecule has 1 N–H and O–H groups in total. The van der Waals surface area contributed by atoms with Crippen LogP contribution in [-0.4, -0.2) is 86.4 Å². The van der Waals surface area contributed by atoms with Gasteiger partial charge in [-0.05, 0) is 105 Å². The molecule has 4 aliphatic rings. The summed E-state index contributed by atoms with van der Waals surface area (Å²) in [6, 6.07) is 16.6. The number of ether oxygens (including phenoxy) is 2. The van der Waals surface area contributed by atoms with E-state index in [9.17, 15) is 19.2 Å². The second-order valence-corrected chi connectivity index (χ2v) is 15.2. The lowest BCUT2D eigenvalue weighted by molar-refractivity contribution is -0.136. The van der Waals surface area contributed by atoms with Gasteiger partial charge in [0.15, 0.2) is 0 Å². The first-order chi connectivity index (χ1) is 26.3. The van der Waals surface area contributed by atoms with E-state index in [4.69, 9.17) is 9.47 Å². The van der Waals surface area contributed by atoms with Crippen LogP contribution in [0, 0.1) is 11.8 Å². The quantitative estimate of drug-likeness (QED) is 0.184. The molecule has 3 fully saturated rings. The molecule has 1 atom stereocenters. The Labute approximate surface area is 312 Å². The molecule has 3 aromatic heterocycles. The second kappa shape index (κ2) is 14.0. The molecule has 12 heteroatoms. The molecule has 0 bridgehead atoms. The molecule has 0 spiro atoms. The molecule has 1 aliphatic carbocycles. The molecule has 4 amide bonds. The van der Waals surface area contributed by atoms with Gasteiger partial charge in [-0.2, -0.15) is 0 Å². The lowest BCUT2D eigenvalue weighted by Crippen LogP contribution is -2.54. The van der Waals surface area contributed by atoms with Gasteiger partial charge in [0.1, 0.15) is 17.9 Å². The number of hydrogen-bond donors (Lipinski definition) is 1. The number of nitrogens with zero attached hydrogens (tertiary/aromatic N) is 5. The summed E-state index contributed by atoms with van der Waals surface area (Å²) in [5, 5.41) is 4.58. The van der Waals surface area contributed by atoms with E-state index in [0.29, 0.717) is 30.1 Å². The first-order valence-electron chi connectivity index (χ1n) is 18.9. The van der Waals surface area contributed by atoms with Crippen molar-refractivity contribution in [3.8, 4) is 22.8 Å². The lowest BCUT2D eigenvalue weighted by Gasteiger charge is -2.40. The number of fused-ring (bicyclic) bond motifs is 4. The number of benzene rings is 2. The van der Waals surface area contributed by atoms with Gasteiger partial charge in [0.05, 0.1) is 23.3 Å². The summed E-state index contributed by atoms with van der Waals surface area (Å²) in [6.07, 6.45) is 11.3. The van der Waals surface area contributed by atoms with Gasteiger partial charge in [0.2, 0.25) is 17.7 Å². The fourth-order valence-corrected chi connectivity index (χ4v) is 8.65. The van der Waals surface area contributed by atoms with Crippen molar-refractivity contribution in [3.05, 3.63) is 84.3 Å². The van der Waals surface area contributed by atoms with E-state index in [2.05, 4.69) is 62.1 Å². The third-order valence-electron chi connectivity index (χ3n) is 11.8. The largest absolute Gasteiger partial charge is 0.494 e. The van der Waals surface area contributed by atoms with E-state index in [1.807, 2.05) is 24.7 Å². The molecule has 0 radical (unpaired) electrons. The Bertz CT molecular complexity index is 2290. The Morgan fingerprint density at radius 1 is 0.815 bits per heavy atom. The zero-order valence-corrected chi connectivity index (χ0v) is 30.2. The number of aryl methyl sites for hydroxylation is 1. The summed E-state index contributed by atoms with van der Waals surface area (Å²) in [5.74, 6) is 0.363. The first kappa shape index (κ1) is 34.2. The standard InChI is InChI=1S/C42H42N6O6/c1-46-35-10-14-43-23-34(35)31-5-2-27(20-37(31)46)28-3-9-39(44-22-28)54-30-18-26(19-30)24-47-15-11-25(12-16-47)13-17-53-29-4-6-32-33(21-29)42(52)48(41(32)51)36-7-8-38(49)45-40(36)50/h2-6,9-10,14,20-23,25-26,30,36H,7-8,11-13,15-19,24H2,1H3,(H,45,49,50)/t26-,30-,36?. The summed E-state index contributed by atoms with van der Waals surface area (Å²) < 4.78 is 14.5. The van der Waals surface area contributed by atoms with Crippen LogP contribution in [0.1, 0.15) is 65.7 Å². The van der Waals surface area contributed by atoms with E-state index in [1.165, 1.54) is 16.4 Å². The van der Waals surface area contributed by atoms with Crippen LogP contribution in [-0.2, 0) is 16.6 Å². The highest BCUT2D eigenvalue weighted by Gasteiger charge is 2.44. The molecular formula is C42H42N6O6. The molecule has 54 heavy (non-hydrogen) atoms. The second-order valence-electron chi connectivity index (χ2n) is 15.2. The molecule has 1 unspecified atom stereocenters. The van der Waals surface area contributed by atoms with E-state index < -0.39 is 29.7 Å². The summed E-state index contributed by atoms with van der Waals surface area (Å²) in [7, 11) is 2.09. The van der Waals surface area contributed by atoms with Crippen molar-refractivity contribution in [2.75, 3.05) is 26.2 Å². The summed E-state index contributed by atoms with van der Waals surface area (Å²) >= 11 is 0. The molecule has 2 aromatic carbocycles. The first-order valence-corrected chi connectivity index (χ1v) is 18.9. The molecule has 12 nitrogen and oxygen atoms in total. The van der Waals surface area contributed by atoms with Crippen LogP contribution >= 0.6 is 0 Å². The van der Waals surface area contributed by atoms with Gasteiger partial charge >= 0.3 is 0 Å². The number of likely N-dealkylation sites (tertiary alicyclic amines) is 1. The Kier molecular flexibility index (Phi) is 8.85. The minimum absolute atomic E-state index is 0.0899. The normalized spacial score (nSPS) is 22.1. The third kappa shape index (κ3) is 6.38. The molecular weight excluding hydrogens is 684 g/mol. The van der Waals surface area contributed by atoms with Gasteiger partial charge in [0.25, 0.3) is 11.8 Å². The monoisotopic (exact) mass is 726 g/mol. The fourth-order valence-electron chi connectivity index (χ4n) is 8.65. The van der Waals surface area contributed by atoms with E-state index in [0.717, 1.165) is 73.2 Å². The minimum Gasteiger partial charge on any atom is -0.494 e. The van der Waals surface area contributed by atoms with Gasteiger partial charge in [-0.1, -0.05) is 12.1 Å². The zero-order valence-electron chi connectivity index (χ0n) is 30.2. The number of hydrogen-bond acceptors (Lipinski definition) is 9. The van der Waals surface area contributed by atoms with Crippen LogP contribution < -0.4 is 14.8 Å². The predicted octanol–water partition coefficient (Wildman–Crippen LogP) is 5.53. The van der Waals surface area contributed by atoms with Crippen molar-refractivity contribution >= 4 is 45.4 Å². The highest BCUT2D eigenvalue weighted by molar-refractivity contribution is 6.23.